The molecule has 0 bridgehead atoms. The van der Waals surface area contributed by atoms with E-state index < -0.39 is 0 Å². The first-order valence-electron chi connectivity index (χ1n) is 5.63. The van der Waals surface area contributed by atoms with Crippen molar-refractivity contribution in [2.45, 2.75) is 19.8 Å². The van der Waals surface area contributed by atoms with Crippen molar-refractivity contribution < 1.29 is 19.1 Å². The minimum atomic E-state index is -0.366. The largest absolute Gasteiger partial charge is 0.465 e. The van der Waals surface area contributed by atoms with E-state index in [0.717, 1.165) is 19.4 Å². The molecule has 0 aromatic carbocycles. The predicted octanol–water partition coefficient (Wildman–Crippen LogP) is 0.434. The van der Waals surface area contributed by atoms with Crippen LogP contribution in [-0.2, 0) is 19.1 Å². The summed E-state index contributed by atoms with van der Waals surface area (Å²) >= 11 is 0. The van der Waals surface area contributed by atoms with Crippen LogP contribution in [0.25, 0.3) is 0 Å². The van der Waals surface area contributed by atoms with Crippen LogP contribution in [0.4, 0.5) is 0 Å². The van der Waals surface area contributed by atoms with Crippen LogP contribution in [0.5, 0.6) is 0 Å². The molecule has 1 heterocycles. The highest BCUT2D eigenvalue weighted by Gasteiger charge is 2.25. The molecule has 0 aliphatic carbocycles. The third-order valence-electron chi connectivity index (χ3n) is 2.56. The number of nitrogens with zero attached hydrogens (tertiary/aromatic N) is 1. The summed E-state index contributed by atoms with van der Waals surface area (Å²) in [5.74, 6) is -0.504. The Labute approximate surface area is 95.7 Å². The van der Waals surface area contributed by atoms with Crippen molar-refractivity contribution in [1.29, 1.82) is 0 Å². The SMILES string of the molecule is CCOC(=O)CN(C)C(=O)C1CCCOC1. The molecule has 0 aromatic rings. The molecule has 0 aromatic heterocycles. The lowest BCUT2D eigenvalue weighted by Gasteiger charge is -2.25. The summed E-state index contributed by atoms with van der Waals surface area (Å²) < 4.78 is 10.0. The lowest BCUT2D eigenvalue weighted by Crippen LogP contribution is -2.40. The fraction of sp³-hybridized carbons (Fsp3) is 0.818. The normalized spacial score (nSPS) is 20.2. The number of likely N-dealkylation sites (N-methyl/N-ethyl adjacent to an activating group) is 1. The molecule has 1 amide bonds. The number of esters is 1. The van der Waals surface area contributed by atoms with Crippen LogP contribution in [0, 0.1) is 5.92 Å². The van der Waals surface area contributed by atoms with Gasteiger partial charge in [-0.3, -0.25) is 9.59 Å². The van der Waals surface area contributed by atoms with Gasteiger partial charge in [-0.25, -0.2) is 0 Å². The third kappa shape index (κ3) is 3.81. The molecule has 1 unspecified atom stereocenters. The Kier molecular flexibility index (Phi) is 5.25. The summed E-state index contributed by atoms with van der Waals surface area (Å²) in [6.45, 7) is 3.29. The van der Waals surface area contributed by atoms with Crippen LogP contribution < -0.4 is 0 Å². The highest BCUT2D eigenvalue weighted by Crippen LogP contribution is 2.15. The van der Waals surface area contributed by atoms with Gasteiger partial charge in [0.1, 0.15) is 6.54 Å². The second kappa shape index (κ2) is 6.48. The Balaban J connectivity index is 2.37. The smallest absolute Gasteiger partial charge is 0.325 e. The molecular weight excluding hydrogens is 210 g/mol. The fourth-order valence-corrected chi connectivity index (χ4v) is 1.73. The van der Waals surface area contributed by atoms with Crippen LogP contribution >= 0.6 is 0 Å². The zero-order valence-corrected chi connectivity index (χ0v) is 9.90. The maximum atomic E-state index is 11.9. The highest BCUT2D eigenvalue weighted by atomic mass is 16.5. The Morgan fingerprint density at radius 1 is 1.50 bits per heavy atom. The number of carbonyl (C=O) groups is 2. The fourth-order valence-electron chi connectivity index (χ4n) is 1.73. The van der Waals surface area contributed by atoms with Crippen molar-refractivity contribution >= 4 is 11.9 Å². The van der Waals surface area contributed by atoms with Crippen molar-refractivity contribution in [2.75, 3.05) is 33.4 Å². The van der Waals surface area contributed by atoms with Crippen LogP contribution in [-0.4, -0.2) is 50.2 Å². The standard InChI is InChI=1S/C11H19NO4/c1-3-16-10(13)7-12(2)11(14)9-5-4-6-15-8-9/h9H,3-8H2,1-2H3. The van der Waals surface area contributed by atoms with Crippen molar-refractivity contribution in [3.8, 4) is 0 Å². The van der Waals surface area contributed by atoms with E-state index in [1.165, 1.54) is 4.90 Å². The zero-order chi connectivity index (χ0) is 12.0. The first-order valence-corrected chi connectivity index (χ1v) is 5.63. The summed E-state index contributed by atoms with van der Waals surface area (Å²) in [6, 6.07) is 0. The molecule has 1 fully saturated rings. The van der Waals surface area contributed by atoms with Gasteiger partial charge in [-0.15, -0.1) is 0 Å². The second-order valence-electron chi connectivity index (χ2n) is 3.91. The molecule has 5 heteroatoms. The first-order chi connectivity index (χ1) is 7.65. The van der Waals surface area contributed by atoms with Gasteiger partial charge in [-0.2, -0.15) is 0 Å². The average Bonchev–Trinajstić information content (AvgIpc) is 2.29. The predicted molar refractivity (Wildman–Crippen MR) is 57.8 cm³/mol. The number of hydrogen-bond donors (Lipinski definition) is 0. The number of carbonyl (C=O) groups excluding carboxylic acids is 2. The second-order valence-corrected chi connectivity index (χ2v) is 3.91. The van der Waals surface area contributed by atoms with Crippen LogP contribution in [0.3, 0.4) is 0 Å². The highest BCUT2D eigenvalue weighted by molar-refractivity contribution is 5.83. The maximum Gasteiger partial charge on any atom is 0.325 e. The molecule has 1 aliphatic rings. The molecule has 16 heavy (non-hydrogen) atoms. The van der Waals surface area contributed by atoms with Gasteiger partial charge in [0.25, 0.3) is 0 Å². The number of hydrogen-bond acceptors (Lipinski definition) is 4. The molecule has 1 atom stereocenters. The van der Waals surface area contributed by atoms with Gasteiger partial charge < -0.3 is 14.4 Å². The van der Waals surface area contributed by atoms with Gasteiger partial charge in [-0.1, -0.05) is 0 Å². The minimum absolute atomic E-state index is 0.0170. The zero-order valence-electron chi connectivity index (χ0n) is 9.90. The van der Waals surface area contributed by atoms with Crippen LogP contribution in [0.2, 0.25) is 0 Å². The van der Waals surface area contributed by atoms with E-state index in [4.69, 9.17) is 9.47 Å². The van der Waals surface area contributed by atoms with Crippen LogP contribution in [0.15, 0.2) is 0 Å². The van der Waals surface area contributed by atoms with Gasteiger partial charge in [0, 0.05) is 13.7 Å². The number of amides is 1. The molecule has 0 radical (unpaired) electrons. The molecular formula is C11H19NO4. The average molecular weight is 229 g/mol. The number of ether oxygens (including phenoxy) is 2. The van der Waals surface area contributed by atoms with Gasteiger partial charge >= 0.3 is 5.97 Å². The van der Waals surface area contributed by atoms with E-state index >= 15 is 0 Å². The van der Waals surface area contributed by atoms with Crippen molar-refractivity contribution in [1.82, 2.24) is 4.90 Å². The summed E-state index contributed by atoms with van der Waals surface area (Å²) in [6.07, 6.45) is 1.75. The summed E-state index contributed by atoms with van der Waals surface area (Å²) in [7, 11) is 1.62. The Bertz CT molecular complexity index is 248. The topological polar surface area (TPSA) is 55.8 Å². The Morgan fingerprint density at radius 3 is 2.81 bits per heavy atom. The van der Waals surface area contributed by atoms with Crippen LogP contribution in [0.1, 0.15) is 19.8 Å². The van der Waals surface area contributed by atoms with E-state index in [9.17, 15) is 9.59 Å². The minimum Gasteiger partial charge on any atom is -0.465 e. The maximum absolute atomic E-state index is 11.9. The molecule has 0 saturated carbocycles. The summed E-state index contributed by atoms with van der Waals surface area (Å²) in [5, 5.41) is 0. The molecule has 1 saturated heterocycles. The first kappa shape index (κ1) is 13.0. The Morgan fingerprint density at radius 2 is 2.25 bits per heavy atom. The molecule has 0 spiro atoms. The third-order valence-corrected chi connectivity index (χ3v) is 2.56. The van der Waals surface area contributed by atoms with Gasteiger partial charge in [0.05, 0.1) is 19.1 Å². The molecule has 92 valence electrons. The molecule has 5 nitrogen and oxygen atoms in total. The van der Waals surface area contributed by atoms with Gasteiger partial charge in [-0.05, 0) is 19.8 Å². The van der Waals surface area contributed by atoms with E-state index in [1.807, 2.05) is 0 Å². The van der Waals surface area contributed by atoms with Crippen molar-refractivity contribution in [3.05, 3.63) is 0 Å². The van der Waals surface area contributed by atoms with E-state index in [-0.39, 0.29) is 24.3 Å². The Hall–Kier alpha value is -1.10. The lowest BCUT2D eigenvalue weighted by atomic mass is 10.0. The van der Waals surface area contributed by atoms with Crippen molar-refractivity contribution in [2.24, 2.45) is 5.92 Å². The van der Waals surface area contributed by atoms with Gasteiger partial charge in [0.2, 0.25) is 5.91 Å². The van der Waals surface area contributed by atoms with E-state index in [2.05, 4.69) is 0 Å². The van der Waals surface area contributed by atoms with Crippen molar-refractivity contribution in [3.63, 3.8) is 0 Å². The van der Waals surface area contributed by atoms with E-state index in [0.29, 0.717) is 13.2 Å². The quantitative estimate of drug-likeness (QED) is 0.656. The van der Waals surface area contributed by atoms with Gasteiger partial charge in [0.15, 0.2) is 0 Å². The lowest BCUT2D eigenvalue weighted by molar-refractivity contribution is -0.150. The summed E-state index contributed by atoms with van der Waals surface area (Å²) in [4.78, 5) is 24.5. The summed E-state index contributed by atoms with van der Waals surface area (Å²) in [5.41, 5.74) is 0. The van der Waals surface area contributed by atoms with E-state index in [1.54, 1.807) is 14.0 Å². The molecule has 1 aliphatic heterocycles. The monoisotopic (exact) mass is 229 g/mol. The number of rotatable bonds is 4. The molecule has 0 N–H and O–H groups in total. The molecule has 1 rings (SSSR count).